The number of nitrogens with zero attached hydrogens (tertiary/aromatic N) is 2. The van der Waals surface area contributed by atoms with Crippen molar-refractivity contribution >= 4 is 5.97 Å². The molecule has 0 aromatic carbocycles. The van der Waals surface area contributed by atoms with Crippen LogP contribution in [-0.4, -0.2) is 40.6 Å². The molecule has 0 radical (unpaired) electrons. The third kappa shape index (κ3) is 4.35. The zero-order valence-electron chi connectivity index (χ0n) is 11.5. The molecule has 1 fully saturated rings. The van der Waals surface area contributed by atoms with Crippen molar-refractivity contribution in [1.29, 1.82) is 0 Å². The number of oxazole rings is 1. The first-order valence-corrected chi connectivity index (χ1v) is 7.04. The molecule has 0 bridgehead atoms. The third-order valence-electron chi connectivity index (χ3n) is 3.81. The van der Waals surface area contributed by atoms with Crippen molar-refractivity contribution in [2.24, 2.45) is 5.92 Å². The molecule has 106 valence electrons. The van der Waals surface area contributed by atoms with E-state index < -0.39 is 5.97 Å². The highest BCUT2D eigenvalue weighted by Crippen LogP contribution is 2.21. The zero-order chi connectivity index (χ0) is 13.7. The second kappa shape index (κ2) is 6.70. The number of hydrogen-bond acceptors (Lipinski definition) is 4. The van der Waals surface area contributed by atoms with Crippen molar-refractivity contribution in [3.63, 3.8) is 0 Å². The highest BCUT2D eigenvalue weighted by Gasteiger charge is 2.20. The van der Waals surface area contributed by atoms with Crippen LogP contribution in [0, 0.1) is 5.92 Å². The van der Waals surface area contributed by atoms with Crippen LogP contribution in [0.25, 0.3) is 0 Å². The average molecular weight is 266 g/mol. The number of rotatable bonds is 6. The maximum atomic E-state index is 10.5. The Morgan fingerprint density at radius 2 is 2.26 bits per heavy atom. The first-order chi connectivity index (χ1) is 9.17. The summed E-state index contributed by atoms with van der Waals surface area (Å²) in [5.41, 5.74) is 0.753. The van der Waals surface area contributed by atoms with Crippen molar-refractivity contribution in [3.05, 3.63) is 17.8 Å². The minimum absolute atomic E-state index is 0.112. The molecule has 0 saturated carbocycles. The van der Waals surface area contributed by atoms with Crippen LogP contribution in [0.15, 0.2) is 10.7 Å². The summed E-state index contributed by atoms with van der Waals surface area (Å²) >= 11 is 0. The molecule has 5 nitrogen and oxygen atoms in total. The van der Waals surface area contributed by atoms with E-state index in [2.05, 4.69) is 16.8 Å². The van der Waals surface area contributed by atoms with E-state index in [-0.39, 0.29) is 6.42 Å². The normalized spacial score (nSPS) is 17.7. The molecular weight excluding hydrogens is 244 g/mol. The SMILES string of the molecule is CCN1CCC(Cc2nc(CCC(=O)O)co2)CC1. The molecule has 1 aliphatic rings. The summed E-state index contributed by atoms with van der Waals surface area (Å²) in [6.45, 7) is 5.65. The first-order valence-electron chi connectivity index (χ1n) is 7.04. The lowest BCUT2D eigenvalue weighted by molar-refractivity contribution is -0.136. The van der Waals surface area contributed by atoms with E-state index in [1.165, 1.54) is 12.8 Å². The van der Waals surface area contributed by atoms with Gasteiger partial charge in [-0.05, 0) is 38.4 Å². The summed E-state index contributed by atoms with van der Waals surface area (Å²) in [6, 6.07) is 0. The van der Waals surface area contributed by atoms with Gasteiger partial charge < -0.3 is 14.4 Å². The Labute approximate surface area is 113 Å². The van der Waals surface area contributed by atoms with E-state index in [1.807, 2.05) is 0 Å². The Morgan fingerprint density at radius 1 is 1.53 bits per heavy atom. The zero-order valence-corrected chi connectivity index (χ0v) is 11.5. The topological polar surface area (TPSA) is 66.6 Å². The Kier molecular flexibility index (Phi) is 4.96. The summed E-state index contributed by atoms with van der Waals surface area (Å²) < 4.78 is 5.44. The molecule has 5 heteroatoms. The van der Waals surface area contributed by atoms with Crippen LogP contribution in [-0.2, 0) is 17.6 Å². The maximum absolute atomic E-state index is 10.5. The highest BCUT2D eigenvalue weighted by molar-refractivity contribution is 5.66. The third-order valence-corrected chi connectivity index (χ3v) is 3.81. The molecule has 2 heterocycles. The fraction of sp³-hybridized carbons (Fsp3) is 0.714. The number of carboxylic acids is 1. The molecule has 19 heavy (non-hydrogen) atoms. The molecule has 1 aromatic rings. The van der Waals surface area contributed by atoms with Gasteiger partial charge >= 0.3 is 5.97 Å². The summed E-state index contributed by atoms with van der Waals surface area (Å²) in [5, 5.41) is 8.63. The Morgan fingerprint density at radius 3 is 2.89 bits per heavy atom. The number of aliphatic carboxylic acids is 1. The summed E-state index contributed by atoms with van der Waals surface area (Å²) in [5.74, 6) is 0.612. The van der Waals surface area contributed by atoms with E-state index in [4.69, 9.17) is 9.52 Å². The van der Waals surface area contributed by atoms with Crippen LogP contribution < -0.4 is 0 Å². The average Bonchev–Trinajstić information content (AvgIpc) is 2.85. The van der Waals surface area contributed by atoms with Crippen molar-refractivity contribution in [1.82, 2.24) is 9.88 Å². The van der Waals surface area contributed by atoms with E-state index >= 15 is 0 Å². The van der Waals surface area contributed by atoms with Gasteiger partial charge in [0.2, 0.25) is 0 Å². The van der Waals surface area contributed by atoms with E-state index in [9.17, 15) is 4.79 Å². The number of carbonyl (C=O) groups is 1. The highest BCUT2D eigenvalue weighted by atomic mass is 16.4. The Balaban J connectivity index is 1.78. The summed E-state index contributed by atoms with van der Waals surface area (Å²) in [6.07, 6.45) is 5.43. The number of likely N-dealkylation sites (tertiary alicyclic amines) is 1. The van der Waals surface area contributed by atoms with Crippen molar-refractivity contribution in [2.45, 2.75) is 39.0 Å². The summed E-state index contributed by atoms with van der Waals surface area (Å²) in [4.78, 5) is 17.3. The quantitative estimate of drug-likeness (QED) is 0.852. The molecule has 1 aliphatic heterocycles. The second-order valence-corrected chi connectivity index (χ2v) is 5.21. The van der Waals surface area contributed by atoms with Crippen LogP contribution in [0.5, 0.6) is 0 Å². The fourth-order valence-corrected chi connectivity index (χ4v) is 2.55. The number of piperidine rings is 1. The standard InChI is InChI=1S/C14H22N2O3/c1-2-16-7-5-11(6-8-16)9-13-15-12(10-19-13)3-4-14(17)18/h10-11H,2-9H2,1H3,(H,17,18). The van der Waals surface area contributed by atoms with Crippen LogP contribution in [0.4, 0.5) is 0 Å². The van der Waals surface area contributed by atoms with Crippen LogP contribution >= 0.6 is 0 Å². The lowest BCUT2D eigenvalue weighted by Gasteiger charge is -2.30. The number of hydrogen-bond donors (Lipinski definition) is 1. The Bertz CT molecular complexity index is 409. The van der Waals surface area contributed by atoms with Gasteiger partial charge in [-0.1, -0.05) is 6.92 Å². The van der Waals surface area contributed by atoms with Gasteiger partial charge in [-0.25, -0.2) is 4.98 Å². The predicted molar refractivity (Wildman–Crippen MR) is 71.0 cm³/mol. The smallest absolute Gasteiger partial charge is 0.303 e. The van der Waals surface area contributed by atoms with E-state index in [0.717, 1.165) is 37.6 Å². The second-order valence-electron chi connectivity index (χ2n) is 5.21. The van der Waals surface area contributed by atoms with E-state index in [0.29, 0.717) is 12.3 Å². The van der Waals surface area contributed by atoms with Gasteiger partial charge in [0.15, 0.2) is 5.89 Å². The van der Waals surface area contributed by atoms with E-state index in [1.54, 1.807) is 6.26 Å². The number of aryl methyl sites for hydroxylation is 1. The van der Waals surface area contributed by atoms with Gasteiger partial charge in [0.25, 0.3) is 0 Å². The monoisotopic (exact) mass is 266 g/mol. The first kappa shape index (κ1) is 14.1. The predicted octanol–water partition coefficient (Wildman–Crippen LogP) is 1.97. The van der Waals surface area contributed by atoms with Gasteiger partial charge in [-0.2, -0.15) is 0 Å². The molecule has 0 spiro atoms. The molecule has 1 aromatic heterocycles. The maximum Gasteiger partial charge on any atom is 0.303 e. The minimum Gasteiger partial charge on any atom is -0.481 e. The largest absolute Gasteiger partial charge is 0.481 e. The molecule has 0 atom stereocenters. The Hall–Kier alpha value is -1.36. The van der Waals surface area contributed by atoms with Gasteiger partial charge in [-0.15, -0.1) is 0 Å². The molecule has 0 unspecified atom stereocenters. The number of carboxylic acid groups (broad SMARTS) is 1. The fourth-order valence-electron chi connectivity index (χ4n) is 2.55. The lowest BCUT2D eigenvalue weighted by atomic mass is 9.93. The van der Waals surface area contributed by atoms with Crippen LogP contribution in [0.2, 0.25) is 0 Å². The number of aromatic nitrogens is 1. The molecule has 1 N–H and O–H groups in total. The molecule has 1 saturated heterocycles. The van der Waals surface area contributed by atoms with Crippen LogP contribution in [0.1, 0.15) is 37.8 Å². The van der Waals surface area contributed by atoms with Gasteiger partial charge in [0, 0.05) is 12.8 Å². The molecule has 0 amide bonds. The van der Waals surface area contributed by atoms with Crippen molar-refractivity contribution < 1.29 is 14.3 Å². The lowest BCUT2D eigenvalue weighted by Crippen LogP contribution is -2.34. The molecular formula is C14H22N2O3. The molecule has 0 aliphatic carbocycles. The summed E-state index contributed by atoms with van der Waals surface area (Å²) in [7, 11) is 0. The van der Waals surface area contributed by atoms with Crippen molar-refractivity contribution in [2.75, 3.05) is 19.6 Å². The van der Waals surface area contributed by atoms with Crippen molar-refractivity contribution in [3.8, 4) is 0 Å². The van der Waals surface area contributed by atoms with Crippen LogP contribution in [0.3, 0.4) is 0 Å². The molecule has 2 rings (SSSR count). The van der Waals surface area contributed by atoms with Gasteiger partial charge in [0.05, 0.1) is 12.1 Å². The minimum atomic E-state index is -0.795. The van der Waals surface area contributed by atoms with Gasteiger partial charge in [-0.3, -0.25) is 4.79 Å². The van der Waals surface area contributed by atoms with Gasteiger partial charge in [0.1, 0.15) is 6.26 Å².